The molecular weight excluding hydrogens is 446 g/mol. The van der Waals surface area contributed by atoms with Gasteiger partial charge >= 0.3 is 0 Å². The van der Waals surface area contributed by atoms with Gasteiger partial charge < -0.3 is 19.0 Å². The maximum Gasteiger partial charge on any atom is 0.300 e. The quantitative estimate of drug-likeness (QED) is 0.252. The number of ether oxygens (including phenoxy) is 2. The van der Waals surface area contributed by atoms with Gasteiger partial charge in [0.2, 0.25) is 0 Å². The lowest BCUT2D eigenvalue weighted by molar-refractivity contribution is -0.132. The normalized spacial score (nSPS) is 17.3. The molecule has 0 spiro atoms. The van der Waals surface area contributed by atoms with Gasteiger partial charge in [-0.1, -0.05) is 6.92 Å². The van der Waals surface area contributed by atoms with E-state index in [0.29, 0.717) is 35.1 Å². The minimum absolute atomic E-state index is 0.000384. The highest BCUT2D eigenvalue weighted by Gasteiger charge is 2.48. The Hall–Kier alpha value is -4.00. The number of ketones is 1. The summed E-state index contributed by atoms with van der Waals surface area (Å²) in [6, 6.07) is 14.5. The molecule has 1 N–H and O–H groups in total. The molecule has 1 aromatic heterocycles. The number of aryl methyl sites for hydroxylation is 1. The first-order valence-electron chi connectivity index (χ1n) is 11.7. The van der Waals surface area contributed by atoms with Gasteiger partial charge in [-0.3, -0.25) is 14.5 Å². The minimum Gasteiger partial charge on any atom is -0.507 e. The van der Waals surface area contributed by atoms with Gasteiger partial charge in [-0.2, -0.15) is 0 Å². The van der Waals surface area contributed by atoms with Crippen molar-refractivity contribution in [2.45, 2.75) is 46.3 Å². The Kier molecular flexibility index (Phi) is 6.96. The lowest BCUT2D eigenvalue weighted by Gasteiger charge is -2.23. The molecule has 35 heavy (non-hydrogen) atoms. The maximum absolute atomic E-state index is 13.2. The topological polar surface area (TPSA) is 89.2 Å². The van der Waals surface area contributed by atoms with E-state index in [4.69, 9.17) is 13.9 Å². The van der Waals surface area contributed by atoms with Crippen molar-refractivity contribution in [2.75, 3.05) is 11.5 Å². The lowest BCUT2D eigenvalue weighted by atomic mass is 9.98. The molecule has 182 valence electrons. The van der Waals surface area contributed by atoms with Crippen molar-refractivity contribution in [1.29, 1.82) is 0 Å². The van der Waals surface area contributed by atoms with Crippen LogP contribution in [-0.2, 0) is 9.59 Å². The zero-order valence-electron chi connectivity index (χ0n) is 20.3. The Bertz CT molecular complexity index is 1240. The van der Waals surface area contributed by atoms with E-state index in [1.165, 1.54) is 11.2 Å². The van der Waals surface area contributed by atoms with Crippen molar-refractivity contribution in [1.82, 2.24) is 0 Å². The lowest BCUT2D eigenvalue weighted by Crippen LogP contribution is -2.29. The number of hydrogen-bond acceptors (Lipinski definition) is 6. The Morgan fingerprint density at radius 1 is 1.11 bits per heavy atom. The van der Waals surface area contributed by atoms with Crippen molar-refractivity contribution in [3.63, 3.8) is 0 Å². The molecule has 1 aliphatic heterocycles. The second kappa shape index (κ2) is 10.1. The number of rotatable bonds is 8. The number of benzene rings is 2. The number of carbonyl (C=O) groups excluding carboxylic acids is 2. The molecule has 1 aliphatic rings. The number of hydrogen-bond donors (Lipinski definition) is 1. The van der Waals surface area contributed by atoms with Crippen molar-refractivity contribution >= 4 is 23.1 Å². The van der Waals surface area contributed by atoms with Crippen molar-refractivity contribution < 1.29 is 28.6 Å². The average Bonchev–Trinajstić information content (AvgIpc) is 3.45. The molecule has 7 nitrogen and oxygen atoms in total. The first kappa shape index (κ1) is 24.1. The molecule has 7 heteroatoms. The smallest absolute Gasteiger partial charge is 0.300 e. The number of furan rings is 1. The molecule has 3 aromatic rings. The number of anilines is 1. The highest BCUT2D eigenvalue weighted by molar-refractivity contribution is 6.51. The Labute approximate surface area is 204 Å². The SMILES string of the molecule is CCCOc1ccc(/C(O)=C2/C(=O)C(=O)N(c3ccc(OC(C)C)cc3)C2c2ccco2)cc1C. The third-order valence-corrected chi connectivity index (χ3v) is 5.65. The molecule has 1 fully saturated rings. The first-order valence-corrected chi connectivity index (χ1v) is 11.7. The van der Waals surface area contributed by atoms with E-state index in [-0.39, 0.29) is 17.4 Å². The third-order valence-electron chi connectivity index (χ3n) is 5.65. The fraction of sp³-hybridized carbons (Fsp3) is 0.286. The molecule has 0 saturated carbocycles. The Morgan fingerprint density at radius 2 is 1.86 bits per heavy atom. The Morgan fingerprint density at radius 3 is 2.46 bits per heavy atom. The van der Waals surface area contributed by atoms with Gasteiger partial charge in [-0.15, -0.1) is 0 Å². The van der Waals surface area contributed by atoms with Gasteiger partial charge in [-0.25, -0.2) is 0 Å². The molecule has 0 aliphatic carbocycles. The number of aliphatic hydroxyl groups is 1. The molecule has 1 unspecified atom stereocenters. The summed E-state index contributed by atoms with van der Waals surface area (Å²) < 4.78 is 17.0. The molecule has 4 rings (SSSR count). The monoisotopic (exact) mass is 475 g/mol. The van der Waals surface area contributed by atoms with E-state index in [1.54, 1.807) is 54.6 Å². The van der Waals surface area contributed by atoms with Crippen LogP contribution in [0.2, 0.25) is 0 Å². The molecular formula is C28H29NO6. The number of nitrogens with zero attached hydrogens (tertiary/aromatic N) is 1. The van der Waals surface area contributed by atoms with Crippen LogP contribution in [0.25, 0.3) is 5.76 Å². The standard InChI is InChI=1S/C28H29NO6/c1-5-14-33-22-13-8-19(16-18(22)4)26(30)24-25(23-7-6-15-34-23)29(28(32)27(24)31)20-9-11-21(12-10-20)35-17(2)3/h6-13,15-17,25,30H,5,14H2,1-4H3/b26-24-. The highest BCUT2D eigenvalue weighted by atomic mass is 16.5. The summed E-state index contributed by atoms with van der Waals surface area (Å²) in [4.78, 5) is 27.8. The van der Waals surface area contributed by atoms with Gasteiger partial charge in [0.05, 0.1) is 24.5 Å². The van der Waals surface area contributed by atoms with E-state index in [2.05, 4.69) is 0 Å². The minimum atomic E-state index is -0.918. The van der Waals surface area contributed by atoms with E-state index in [0.717, 1.165) is 12.0 Å². The zero-order valence-corrected chi connectivity index (χ0v) is 20.3. The summed E-state index contributed by atoms with van der Waals surface area (Å²) in [5.41, 5.74) is 1.69. The summed E-state index contributed by atoms with van der Waals surface area (Å²) in [6.07, 6.45) is 2.35. The summed E-state index contributed by atoms with van der Waals surface area (Å²) in [7, 11) is 0. The summed E-state index contributed by atoms with van der Waals surface area (Å²) in [5, 5.41) is 11.3. The Balaban J connectivity index is 1.78. The van der Waals surface area contributed by atoms with Crippen LogP contribution in [0.1, 0.15) is 50.1 Å². The fourth-order valence-electron chi connectivity index (χ4n) is 4.10. The van der Waals surface area contributed by atoms with Gasteiger partial charge in [-0.05, 0) is 87.4 Å². The summed E-state index contributed by atoms with van der Waals surface area (Å²) in [6.45, 7) is 8.32. The third kappa shape index (κ3) is 4.80. The van der Waals surface area contributed by atoms with E-state index in [1.807, 2.05) is 27.7 Å². The van der Waals surface area contributed by atoms with Crippen molar-refractivity contribution in [3.8, 4) is 11.5 Å². The highest BCUT2D eigenvalue weighted by Crippen LogP contribution is 2.43. The van der Waals surface area contributed by atoms with E-state index < -0.39 is 17.7 Å². The molecule has 2 aromatic carbocycles. The second-order valence-electron chi connectivity index (χ2n) is 8.67. The predicted octanol–water partition coefficient (Wildman–Crippen LogP) is 5.79. The van der Waals surface area contributed by atoms with Crippen LogP contribution in [0.3, 0.4) is 0 Å². The van der Waals surface area contributed by atoms with Gasteiger partial charge in [0.15, 0.2) is 0 Å². The summed E-state index contributed by atoms with van der Waals surface area (Å²) >= 11 is 0. The molecule has 1 amide bonds. The molecule has 1 saturated heterocycles. The second-order valence-corrected chi connectivity index (χ2v) is 8.67. The van der Waals surface area contributed by atoms with Crippen LogP contribution >= 0.6 is 0 Å². The van der Waals surface area contributed by atoms with Gasteiger partial charge in [0.25, 0.3) is 11.7 Å². The number of Topliss-reactive ketones (excluding diaryl/α,β-unsaturated/α-hetero) is 1. The molecule has 2 heterocycles. The van der Waals surface area contributed by atoms with Crippen LogP contribution in [-0.4, -0.2) is 29.5 Å². The van der Waals surface area contributed by atoms with Crippen LogP contribution < -0.4 is 14.4 Å². The van der Waals surface area contributed by atoms with Crippen LogP contribution in [0.5, 0.6) is 11.5 Å². The molecule has 0 bridgehead atoms. The maximum atomic E-state index is 13.2. The number of aliphatic hydroxyl groups excluding tert-OH is 1. The fourth-order valence-corrected chi connectivity index (χ4v) is 4.10. The number of amides is 1. The van der Waals surface area contributed by atoms with Gasteiger partial charge in [0.1, 0.15) is 29.1 Å². The van der Waals surface area contributed by atoms with E-state index >= 15 is 0 Å². The van der Waals surface area contributed by atoms with E-state index in [9.17, 15) is 14.7 Å². The first-order chi connectivity index (χ1) is 16.8. The molecule has 1 atom stereocenters. The largest absolute Gasteiger partial charge is 0.507 e. The van der Waals surface area contributed by atoms with Crippen molar-refractivity contribution in [2.24, 2.45) is 0 Å². The average molecular weight is 476 g/mol. The van der Waals surface area contributed by atoms with Gasteiger partial charge in [0, 0.05) is 11.3 Å². The predicted molar refractivity (Wildman–Crippen MR) is 133 cm³/mol. The van der Waals surface area contributed by atoms with Crippen LogP contribution in [0.15, 0.2) is 70.9 Å². The number of carbonyl (C=O) groups is 2. The molecule has 0 radical (unpaired) electrons. The van der Waals surface area contributed by atoms with Crippen LogP contribution in [0.4, 0.5) is 5.69 Å². The summed E-state index contributed by atoms with van der Waals surface area (Å²) in [5.74, 6) is -0.0728. The van der Waals surface area contributed by atoms with Crippen molar-refractivity contribution in [3.05, 3.63) is 83.3 Å². The van der Waals surface area contributed by atoms with Crippen LogP contribution in [0, 0.1) is 6.92 Å². The zero-order chi connectivity index (χ0) is 25.1.